The van der Waals surface area contributed by atoms with Crippen LogP contribution in [0.4, 0.5) is 36.7 Å². The van der Waals surface area contributed by atoms with Gasteiger partial charge in [0.05, 0.1) is 26.0 Å². The summed E-state index contributed by atoms with van der Waals surface area (Å²) in [6.07, 6.45) is -2.94. The van der Waals surface area contributed by atoms with Gasteiger partial charge in [-0.05, 0) is 42.0 Å². The summed E-state index contributed by atoms with van der Waals surface area (Å²) in [7, 11) is 4.67. The summed E-state index contributed by atoms with van der Waals surface area (Å²) >= 11 is 0. The fourth-order valence-electron chi connectivity index (χ4n) is 2.59. The third-order valence-corrected chi connectivity index (χ3v) is 4.09. The number of halogens is 3. The molecule has 0 fully saturated rings. The maximum absolute atomic E-state index is 12.9. The van der Waals surface area contributed by atoms with Gasteiger partial charge in [-0.15, -0.1) is 0 Å². The molecule has 0 radical (unpaired) electrons. The first-order chi connectivity index (χ1) is 15.3. The number of hydrogen-bond acceptors (Lipinski definition) is 9. The van der Waals surface area contributed by atoms with E-state index in [-0.39, 0.29) is 23.5 Å². The number of nitrogens with zero attached hydrogens (tertiary/aromatic N) is 4. The molecule has 0 saturated carbocycles. The highest BCUT2D eigenvalue weighted by atomic mass is 19.4. The van der Waals surface area contributed by atoms with Crippen molar-refractivity contribution in [3.8, 4) is 11.5 Å². The average molecular weight is 447 g/mol. The first-order valence-corrected chi connectivity index (χ1v) is 9.21. The normalized spacial score (nSPS) is 11.3. The predicted octanol–water partition coefficient (Wildman–Crippen LogP) is 4.14. The molecule has 0 bridgehead atoms. The maximum atomic E-state index is 12.9. The topological polar surface area (TPSA) is 106 Å². The number of aromatic nitrogens is 3. The van der Waals surface area contributed by atoms with Gasteiger partial charge in [-0.2, -0.15) is 33.2 Å². The van der Waals surface area contributed by atoms with Crippen molar-refractivity contribution in [2.45, 2.75) is 6.18 Å². The molecule has 0 aliphatic carbocycles. The second-order valence-corrected chi connectivity index (χ2v) is 6.24. The Morgan fingerprint density at radius 3 is 2.31 bits per heavy atom. The van der Waals surface area contributed by atoms with E-state index in [0.29, 0.717) is 11.5 Å². The van der Waals surface area contributed by atoms with Gasteiger partial charge in [-0.1, -0.05) is 6.07 Å². The number of anilines is 4. The molecule has 1 heterocycles. The quantitative estimate of drug-likeness (QED) is 0.350. The molecule has 9 nitrogen and oxygen atoms in total. The van der Waals surface area contributed by atoms with Crippen LogP contribution in [-0.4, -0.2) is 42.4 Å². The van der Waals surface area contributed by atoms with Gasteiger partial charge in [0.1, 0.15) is 0 Å². The lowest BCUT2D eigenvalue weighted by Gasteiger charge is -2.11. The van der Waals surface area contributed by atoms with Gasteiger partial charge in [0.25, 0.3) is 0 Å². The van der Waals surface area contributed by atoms with Crippen molar-refractivity contribution in [1.82, 2.24) is 15.0 Å². The number of nitrogens with one attached hydrogen (secondary N) is 3. The summed E-state index contributed by atoms with van der Waals surface area (Å²) in [4.78, 5) is 12.4. The van der Waals surface area contributed by atoms with Crippen LogP contribution in [0, 0.1) is 0 Å². The molecule has 2 aromatic carbocycles. The molecule has 1 aromatic heterocycles. The molecule has 0 atom stereocenters. The molecular weight excluding hydrogens is 427 g/mol. The van der Waals surface area contributed by atoms with E-state index in [0.717, 1.165) is 17.7 Å². The monoisotopic (exact) mass is 447 g/mol. The molecule has 0 spiro atoms. The van der Waals surface area contributed by atoms with Crippen LogP contribution in [0.3, 0.4) is 0 Å². The van der Waals surface area contributed by atoms with E-state index in [1.54, 1.807) is 25.2 Å². The lowest BCUT2D eigenvalue weighted by atomic mass is 10.2. The van der Waals surface area contributed by atoms with Gasteiger partial charge in [0.15, 0.2) is 11.5 Å². The lowest BCUT2D eigenvalue weighted by Crippen LogP contribution is -2.08. The zero-order valence-corrected chi connectivity index (χ0v) is 17.4. The van der Waals surface area contributed by atoms with E-state index in [2.05, 4.69) is 36.1 Å². The number of benzene rings is 2. The Kier molecular flexibility index (Phi) is 6.93. The largest absolute Gasteiger partial charge is 0.493 e. The summed E-state index contributed by atoms with van der Waals surface area (Å²) in [5.41, 5.74) is 2.78. The summed E-state index contributed by atoms with van der Waals surface area (Å²) in [5.74, 6) is 1.43. The number of hydrazone groups is 1. The minimum absolute atomic E-state index is 0.0347. The molecule has 0 aliphatic rings. The van der Waals surface area contributed by atoms with Gasteiger partial charge in [0.2, 0.25) is 17.8 Å². The molecule has 3 rings (SSSR count). The molecule has 3 aromatic rings. The fraction of sp³-hybridized carbons (Fsp3) is 0.200. The van der Waals surface area contributed by atoms with Gasteiger partial charge in [-0.25, -0.2) is 5.43 Å². The lowest BCUT2D eigenvalue weighted by molar-refractivity contribution is -0.137. The molecule has 0 aliphatic heterocycles. The second-order valence-electron chi connectivity index (χ2n) is 6.24. The Balaban J connectivity index is 1.77. The highest BCUT2D eigenvalue weighted by Gasteiger charge is 2.30. The Labute approximate surface area is 181 Å². The van der Waals surface area contributed by atoms with Crippen LogP contribution < -0.4 is 25.5 Å². The van der Waals surface area contributed by atoms with Crippen molar-refractivity contribution in [2.75, 3.05) is 37.3 Å². The summed E-state index contributed by atoms with van der Waals surface area (Å²) in [6, 6.07) is 9.95. The molecule has 168 valence electrons. The van der Waals surface area contributed by atoms with Crippen molar-refractivity contribution in [3.05, 3.63) is 53.6 Å². The summed E-state index contributed by atoms with van der Waals surface area (Å²) in [6.45, 7) is 0. The SMILES string of the molecule is CNc1nc(N/N=C/c2ccc(OC)c(OC)c2)nc(Nc2cccc(C(F)(F)F)c2)n1. The average Bonchev–Trinajstić information content (AvgIpc) is 2.78. The van der Waals surface area contributed by atoms with E-state index in [4.69, 9.17) is 9.47 Å². The van der Waals surface area contributed by atoms with E-state index < -0.39 is 11.7 Å². The van der Waals surface area contributed by atoms with Gasteiger partial charge < -0.3 is 20.1 Å². The number of methoxy groups -OCH3 is 2. The standard InChI is InChI=1S/C20H20F3N7O2/c1-24-17-27-18(26-14-6-4-5-13(10-14)20(21,22)23)29-19(28-17)30-25-11-12-7-8-15(31-2)16(9-12)32-3/h4-11H,1-3H3,(H3,24,26,27,28,29,30)/b25-11+. The Morgan fingerprint density at radius 2 is 1.62 bits per heavy atom. The Morgan fingerprint density at radius 1 is 0.906 bits per heavy atom. The highest BCUT2D eigenvalue weighted by molar-refractivity contribution is 5.81. The van der Waals surface area contributed by atoms with Crippen LogP contribution in [0.2, 0.25) is 0 Å². The van der Waals surface area contributed by atoms with Crippen LogP contribution >= 0.6 is 0 Å². The van der Waals surface area contributed by atoms with Gasteiger partial charge >= 0.3 is 6.18 Å². The molecule has 0 unspecified atom stereocenters. The van der Waals surface area contributed by atoms with Crippen LogP contribution in [-0.2, 0) is 6.18 Å². The Hall–Kier alpha value is -4.09. The van der Waals surface area contributed by atoms with Crippen LogP contribution in [0.15, 0.2) is 47.6 Å². The van der Waals surface area contributed by atoms with Crippen LogP contribution in [0.25, 0.3) is 0 Å². The maximum Gasteiger partial charge on any atom is 0.416 e. The zero-order chi connectivity index (χ0) is 23.1. The molecule has 32 heavy (non-hydrogen) atoms. The number of hydrogen-bond donors (Lipinski definition) is 3. The predicted molar refractivity (Wildman–Crippen MR) is 115 cm³/mol. The van der Waals surface area contributed by atoms with Crippen molar-refractivity contribution >= 4 is 29.7 Å². The van der Waals surface area contributed by atoms with E-state index in [9.17, 15) is 13.2 Å². The molecule has 12 heteroatoms. The van der Waals surface area contributed by atoms with Crippen molar-refractivity contribution in [2.24, 2.45) is 5.10 Å². The van der Waals surface area contributed by atoms with E-state index in [1.165, 1.54) is 32.6 Å². The van der Waals surface area contributed by atoms with Gasteiger partial charge in [0, 0.05) is 12.7 Å². The third-order valence-electron chi connectivity index (χ3n) is 4.09. The number of alkyl halides is 3. The summed E-state index contributed by atoms with van der Waals surface area (Å²) in [5, 5.41) is 9.59. The molecule has 3 N–H and O–H groups in total. The third kappa shape index (κ3) is 5.74. The minimum atomic E-state index is -4.46. The van der Waals surface area contributed by atoms with Crippen molar-refractivity contribution in [3.63, 3.8) is 0 Å². The van der Waals surface area contributed by atoms with Crippen LogP contribution in [0.1, 0.15) is 11.1 Å². The summed E-state index contributed by atoms with van der Waals surface area (Å²) < 4.78 is 49.3. The minimum Gasteiger partial charge on any atom is -0.493 e. The van der Waals surface area contributed by atoms with E-state index in [1.807, 2.05) is 0 Å². The van der Waals surface area contributed by atoms with Crippen molar-refractivity contribution < 1.29 is 22.6 Å². The van der Waals surface area contributed by atoms with E-state index >= 15 is 0 Å². The molecular formula is C20H20F3N7O2. The molecule has 0 saturated heterocycles. The smallest absolute Gasteiger partial charge is 0.416 e. The first kappa shape index (κ1) is 22.6. The molecule has 0 amide bonds. The number of rotatable bonds is 8. The second kappa shape index (κ2) is 9.81. The van der Waals surface area contributed by atoms with Crippen molar-refractivity contribution in [1.29, 1.82) is 0 Å². The zero-order valence-electron chi connectivity index (χ0n) is 17.4. The number of ether oxygens (including phenoxy) is 2. The first-order valence-electron chi connectivity index (χ1n) is 9.21. The highest BCUT2D eigenvalue weighted by Crippen LogP contribution is 2.31. The Bertz CT molecular complexity index is 1110. The van der Waals surface area contributed by atoms with Gasteiger partial charge in [-0.3, -0.25) is 0 Å². The van der Waals surface area contributed by atoms with Crippen LogP contribution in [0.5, 0.6) is 11.5 Å². The fourth-order valence-corrected chi connectivity index (χ4v) is 2.59.